The molecule has 2 aromatic rings. The normalized spacial score (nSPS) is 10.3. The van der Waals surface area contributed by atoms with E-state index in [4.69, 9.17) is 15.2 Å². The molecule has 0 atom stereocenters. The lowest BCUT2D eigenvalue weighted by atomic mass is 10.0. The third-order valence-corrected chi connectivity index (χ3v) is 3.37. The molecular formula is C12H12BrN3O3. The molecule has 0 aliphatic heterocycles. The van der Waals surface area contributed by atoms with E-state index in [0.717, 1.165) is 0 Å². The molecule has 0 aliphatic carbocycles. The minimum Gasteiger partial charge on any atom is -0.492 e. The van der Waals surface area contributed by atoms with E-state index in [1.54, 1.807) is 12.3 Å². The first-order valence-corrected chi connectivity index (χ1v) is 6.12. The van der Waals surface area contributed by atoms with Crippen molar-refractivity contribution >= 4 is 28.0 Å². The van der Waals surface area contributed by atoms with E-state index >= 15 is 0 Å². The molecule has 1 aromatic heterocycles. The third kappa shape index (κ3) is 2.17. The summed E-state index contributed by atoms with van der Waals surface area (Å²) in [6.45, 7) is 0. The summed E-state index contributed by atoms with van der Waals surface area (Å²) >= 11 is 3.33. The molecule has 0 saturated heterocycles. The quantitative estimate of drug-likeness (QED) is 0.841. The highest BCUT2D eigenvalue weighted by atomic mass is 79.9. The number of ether oxygens (including phenoxy) is 2. The molecule has 0 saturated carbocycles. The average molecular weight is 326 g/mol. The van der Waals surface area contributed by atoms with Gasteiger partial charge in [-0.25, -0.2) is 0 Å². The number of aldehydes is 1. The summed E-state index contributed by atoms with van der Waals surface area (Å²) in [4.78, 5) is 11.1. The lowest BCUT2D eigenvalue weighted by Gasteiger charge is -2.15. The van der Waals surface area contributed by atoms with Crippen molar-refractivity contribution in [1.82, 2.24) is 10.2 Å². The highest BCUT2D eigenvalue weighted by Gasteiger charge is 2.21. The summed E-state index contributed by atoms with van der Waals surface area (Å²) in [5, 5.41) is 6.52. The summed E-state index contributed by atoms with van der Waals surface area (Å²) in [7, 11) is 2.97. The number of benzene rings is 1. The highest BCUT2D eigenvalue weighted by molar-refractivity contribution is 9.10. The zero-order valence-electron chi connectivity index (χ0n) is 10.4. The number of carbonyl (C=O) groups is 1. The van der Waals surface area contributed by atoms with Gasteiger partial charge in [0.1, 0.15) is 5.82 Å². The Morgan fingerprint density at radius 2 is 2.00 bits per heavy atom. The average Bonchev–Trinajstić information content (AvgIpc) is 2.83. The number of nitrogens with one attached hydrogen (secondary N) is 1. The molecule has 6 nitrogen and oxygen atoms in total. The van der Waals surface area contributed by atoms with Crippen LogP contribution in [0.2, 0.25) is 0 Å². The smallest absolute Gasteiger partial charge is 0.173 e. The Hall–Kier alpha value is -2.02. The van der Waals surface area contributed by atoms with Crippen LogP contribution in [-0.2, 0) is 0 Å². The van der Waals surface area contributed by atoms with E-state index in [1.807, 2.05) is 0 Å². The largest absolute Gasteiger partial charge is 0.492 e. The van der Waals surface area contributed by atoms with Gasteiger partial charge in [0.25, 0.3) is 0 Å². The third-order valence-electron chi connectivity index (χ3n) is 2.71. The van der Waals surface area contributed by atoms with Gasteiger partial charge < -0.3 is 15.2 Å². The minimum atomic E-state index is 0.350. The Morgan fingerprint density at radius 1 is 1.32 bits per heavy atom. The number of nitrogen functional groups attached to an aromatic ring is 1. The van der Waals surface area contributed by atoms with Crippen LogP contribution in [0.5, 0.6) is 11.5 Å². The number of methoxy groups -OCH3 is 2. The van der Waals surface area contributed by atoms with Gasteiger partial charge in [-0.15, -0.1) is 0 Å². The first-order valence-electron chi connectivity index (χ1n) is 5.32. The van der Waals surface area contributed by atoms with Crippen LogP contribution in [0, 0.1) is 0 Å². The summed E-state index contributed by atoms with van der Waals surface area (Å²) in [6.07, 6.45) is 2.29. The van der Waals surface area contributed by atoms with Crippen LogP contribution in [-0.4, -0.2) is 30.7 Å². The molecule has 0 bridgehead atoms. The molecule has 1 heterocycles. The van der Waals surface area contributed by atoms with E-state index in [2.05, 4.69) is 26.1 Å². The number of nitrogens with zero attached hydrogens (tertiary/aromatic N) is 1. The number of aromatic amines is 1. The summed E-state index contributed by atoms with van der Waals surface area (Å²) in [5.74, 6) is 1.19. The van der Waals surface area contributed by atoms with Gasteiger partial charge >= 0.3 is 0 Å². The number of halogens is 1. The van der Waals surface area contributed by atoms with Crippen molar-refractivity contribution in [2.75, 3.05) is 20.0 Å². The second-order valence-electron chi connectivity index (χ2n) is 3.70. The van der Waals surface area contributed by atoms with Gasteiger partial charge in [-0.1, -0.05) is 0 Å². The Kier molecular flexibility index (Phi) is 3.75. The molecule has 19 heavy (non-hydrogen) atoms. The Balaban J connectivity index is 2.79. The topological polar surface area (TPSA) is 90.2 Å². The molecule has 100 valence electrons. The lowest BCUT2D eigenvalue weighted by molar-refractivity contribution is 0.111. The van der Waals surface area contributed by atoms with Gasteiger partial charge in [0.05, 0.1) is 26.0 Å². The van der Waals surface area contributed by atoms with Gasteiger partial charge in [-0.2, -0.15) is 5.10 Å². The fourth-order valence-electron chi connectivity index (χ4n) is 1.85. The van der Waals surface area contributed by atoms with Crippen LogP contribution < -0.4 is 15.2 Å². The molecule has 7 heteroatoms. The van der Waals surface area contributed by atoms with Gasteiger partial charge in [-0.3, -0.25) is 9.89 Å². The van der Waals surface area contributed by atoms with E-state index in [0.29, 0.717) is 44.8 Å². The first-order chi connectivity index (χ1) is 9.13. The van der Waals surface area contributed by atoms with Crippen molar-refractivity contribution in [3.63, 3.8) is 0 Å². The predicted octanol–water partition coefficient (Wildman–Crippen LogP) is 2.25. The number of aromatic nitrogens is 2. The van der Waals surface area contributed by atoms with E-state index < -0.39 is 0 Å². The number of rotatable bonds is 4. The SMILES string of the molecule is COc1c(-c2cn[nH]c2N)cc(Br)c(C=O)c1OC. The van der Waals surface area contributed by atoms with Gasteiger partial charge in [0.15, 0.2) is 17.8 Å². The lowest BCUT2D eigenvalue weighted by Crippen LogP contribution is -1.99. The van der Waals surface area contributed by atoms with E-state index in [-0.39, 0.29) is 0 Å². The Bertz CT molecular complexity index is 625. The van der Waals surface area contributed by atoms with Crippen LogP contribution >= 0.6 is 15.9 Å². The second-order valence-corrected chi connectivity index (χ2v) is 4.56. The molecule has 1 aromatic carbocycles. The molecule has 0 aliphatic rings. The number of hydrogen-bond donors (Lipinski definition) is 2. The second kappa shape index (κ2) is 5.31. The Morgan fingerprint density at radius 3 is 2.47 bits per heavy atom. The number of nitrogens with two attached hydrogens (primary N) is 1. The summed E-state index contributed by atoms with van der Waals surface area (Å²) < 4.78 is 11.2. The maximum atomic E-state index is 11.1. The van der Waals surface area contributed by atoms with Crippen LogP contribution in [0.25, 0.3) is 11.1 Å². The standard InChI is InChI=1S/C12H12BrN3O3/c1-18-10-6(7-4-15-16-12(7)14)3-9(13)8(5-17)11(10)19-2/h3-5H,1-2H3,(H3,14,15,16). The number of carbonyl (C=O) groups excluding carboxylic acids is 1. The molecule has 0 amide bonds. The maximum Gasteiger partial charge on any atom is 0.173 e. The van der Waals surface area contributed by atoms with Crippen molar-refractivity contribution in [2.24, 2.45) is 0 Å². The summed E-state index contributed by atoms with van der Waals surface area (Å²) in [5.41, 5.74) is 7.55. The zero-order chi connectivity index (χ0) is 14.0. The fourth-order valence-corrected chi connectivity index (χ4v) is 2.35. The first kappa shape index (κ1) is 13.4. The van der Waals surface area contributed by atoms with E-state index in [1.165, 1.54) is 14.2 Å². The van der Waals surface area contributed by atoms with Crippen molar-refractivity contribution < 1.29 is 14.3 Å². The van der Waals surface area contributed by atoms with Crippen LogP contribution in [0.3, 0.4) is 0 Å². The molecule has 0 unspecified atom stereocenters. The van der Waals surface area contributed by atoms with Gasteiger partial charge in [0.2, 0.25) is 0 Å². The number of hydrogen-bond acceptors (Lipinski definition) is 5. The van der Waals surface area contributed by atoms with Gasteiger partial charge in [0, 0.05) is 15.6 Å². The predicted molar refractivity (Wildman–Crippen MR) is 74.6 cm³/mol. The van der Waals surface area contributed by atoms with Crippen LogP contribution in [0.15, 0.2) is 16.7 Å². The van der Waals surface area contributed by atoms with Crippen molar-refractivity contribution in [2.45, 2.75) is 0 Å². The van der Waals surface area contributed by atoms with Crippen LogP contribution in [0.1, 0.15) is 10.4 Å². The fraction of sp³-hybridized carbons (Fsp3) is 0.167. The monoisotopic (exact) mass is 325 g/mol. The van der Waals surface area contributed by atoms with Gasteiger partial charge in [-0.05, 0) is 22.0 Å². The molecule has 0 spiro atoms. The maximum absolute atomic E-state index is 11.1. The minimum absolute atomic E-state index is 0.350. The zero-order valence-corrected chi connectivity index (χ0v) is 11.9. The number of H-pyrrole nitrogens is 1. The molecular weight excluding hydrogens is 314 g/mol. The molecule has 0 radical (unpaired) electrons. The van der Waals surface area contributed by atoms with Crippen molar-refractivity contribution in [3.8, 4) is 22.6 Å². The van der Waals surface area contributed by atoms with Crippen molar-refractivity contribution in [1.29, 1.82) is 0 Å². The molecule has 0 fully saturated rings. The summed E-state index contributed by atoms with van der Waals surface area (Å²) in [6, 6.07) is 1.74. The molecule has 3 N–H and O–H groups in total. The Labute approximate surface area is 118 Å². The highest BCUT2D eigenvalue weighted by Crippen LogP contribution is 2.44. The van der Waals surface area contributed by atoms with Crippen molar-refractivity contribution in [3.05, 3.63) is 22.3 Å². The van der Waals surface area contributed by atoms with Crippen LogP contribution in [0.4, 0.5) is 5.82 Å². The van der Waals surface area contributed by atoms with E-state index in [9.17, 15) is 4.79 Å². The number of anilines is 1. The molecule has 2 rings (SSSR count).